The van der Waals surface area contributed by atoms with Crippen LogP contribution in [0, 0.1) is 11.7 Å². The van der Waals surface area contributed by atoms with E-state index in [-0.39, 0.29) is 30.2 Å². The summed E-state index contributed by atoms with van der Waals surface area (Å²) in [6.07, 6.45) is 0.611. The van der Waals surface area contributed by atoms with Crippen LogP contribution >= 0.6 is 0 Å². The largest absolute Gasteiger partial charge is 0.481 e. The van der Waals surface area contributed by atoms with E-state index in [2.05, 4.69) is 10.6 Å². The van der Waals surface area contributed by atoms with Gasteiger partial charge >= 0.3 is 12.0 Å². The normalized spacial score (nSPS) is 13.3. The Bertz CT molecular complexity index is 476. The van der Waals surface area contributed by atoms with E-state index < -0.39 is 5.97 Å². The van der Waals surface area contributed by atoms with Crippen LogP contribution in [0.4, 0.5) is 9.18 Å². The topological polar surface area (TPSA) is 78.4 Å². The number of urea groups is 1. The summed E-state index contributed by atoms with van der Waals surface area (Å²) in [5.74, 6) is -1.06. The monoisotopic (exact) mass is 296 g/mol. The molecule has 0 fully saturated rings. The van der Waals surface area contributed by atoms with Gasteiger partial charge in [0.15, 0.2) is 0 Å². The molecular weight excluding hydrogens is 275 g/mol. The SMILES string of the molecule is CC(CCC(=O)O)CNC(=O)NC(C)c1ccc(F)cc1. The van der Waals surface area contributed by atoms with Crippen molar-refractivity contribution >= 4 is 12.0 Å². The van der Waals surface area contributed by atoms with Crippen molar-refractivity contribution in [2.45, 2.75) is 32.7 Å². The highest BCUT2D eigenvalue weighted by Crippen LogP contribution is 2.12. The molecular formula is C15H21FN2O3. The van der Waals surface area contributed by atoms with Gasteiger partial charge in [0, 0.05) is 13.0 Å². The zero-order valence-electron chi connectivity index (χ0n) is 12.2. The maximum absolute atomic E-state index is 12.8. The Hall–Kier alpha value is -2.11. The fraction of sp³-hybridized carbons (Fsp3) is 0.467. The summed E-state index contributed by atoms with van der Waals surface area (Å²) >= 11 is 0. The van der Waals surface area contributed by atoms with E-state index in [0.29, 0.717) is 13.0 Å². The third-order valence-electron chi connectivity index (χ3n) is 3.18. The highest BCUT2D eigenvalue weighted by atomic mass is 19.1. The van der Waals surface area contributed by atoms with Crippen molar-refractivity contribution < 1.29 is 19.1 Å². The van der Waals surface area contributed by atoms with Crippen molar-refractivity contribution in [3.63, 3.8) is 0 Å². The maximum Gasteiger partial charge on any atom is 0.315 e. The predicted molar refractivity (Wildman–Crippen MR) is 77.4 cm³/mol. The summed E-state index contributed by atoms with van der Waals surface area (Å²) in [5, 5.41) is 14.0. The Morgan fingerprint density at radius 2 is 1.86 bits per heavy atom. The molecule has 2 atom stereocenters. The third-order valence-corrected chi connectivity index (χ3v) is 3.18. The van der Waals surface area contributed by atoms with Crippen LogP contribution in [0.2, 0.25) is 0 Å². The van der Waals surface area contributed by atoms with Gasteiger partial charge < -0.3 is 15.7 Å². The smallest absolute Gasteiger partial charge is 0.315 e. The number of amides is 2. The van der Waals surface area contributed by atoms with Gasteiger partial charge in [-0.2, -0.15) is 0 Å². The van der Waals surface area contributed by atoms with Crippen LogP contribution in [0.25, 0.3) is 0 Å². The molecule has 2 unspecified atom stereocenters. The molecule has 5 nitrogen and oxygen atoms in total. The van der Waals surface area contributed by atoms with Crippen LogP contribution in [-0.4, -0.2) is 23.7 Å². The van der Waals surface area contributed by atoms with Crippen molar-refractivity contribution in [2.75, 3.05) is 6.54 Å². The molecule has 0 heterocycles. The summed E-state index contributed by atoms with van der Waals surface area (Å²) in [6.45, 7) is 4.10. The van der Waals surface area contributed by atoms with Gasteiger partial charge in [0.05, 0.1) is 6.04 Å². The van der Waals surface area contributed by atoms with E-state index >= 15 is 0 Å². The van der Waals surface area contributed by atoms with Gasteiger partial charge in [-0.1, -0.05) is 19.1 Å². The number of carbonyl (C=O) groups is 2. The number of benzene rings is 1. The lowest BCUT2D eigenvalue weighted by atomic mass is 10.1. The molecule has 0 spiro atoms. The molecule has 1 aromatic rings. The minimum atomic E-state index is -0.837. The summed E-state index contributed by atoms with van der Waals surface area (Å²) in [6, 6.07) is 5.37. The molecule has 116 valence electrons. The summed E-state index contributed by atoms with van der Waals surface area (Å²) < 4.78 is 12.8. The zero-order chi connectivity index (χ0) is 15.8. The Morgan fingerprint density at radius 1 is 1.24 bits per heavy atom. The van der Waals surface area contributed by atoms with E-state index in [1.54, 1.807) is 19.1 Å². The van der Waals surface area contributed by atoms with Crippen LogP contribution in [0.1, 0.15) is 38.3 Å². The van der Waals surface area contributed by atoms with Crippen molar-refractivity contribution in [3.8, 4) is 0 Å². The number of hydrogen-bond donors (Lipinski definition) is 3. The molecule has 1 aromatic carbocycles. The van der Waals surface area contributed by atoms with Crippen molar-refractivity contribution in [1.29, 1.82) is 0 Å². The van der Waals surface area contributed by atoms with E-state index in [1.807, 2.05) is 6.92 Å². The lowest BCUT2D eigenvalue weighted by Gasteiger charge is -2.17. The Balaban J connectivity index is 2.32. The molecule has 6 heteroatoms. The Labute approximate surface area is 123 Å². The molecule has 0 aliphatic heterocycles. The molecule has 0 aromatic heterocycles. The molecule has 3 N–H and O–H groups in total. The first-order chi connectivity index (χ1) is 9.88. The summed E-state index contributed by atoms with van der Waals surface area (Å²) in [5.41, 5.74) is 0.811. The predicted octanol–water partition coefficient (Wildman–Crippen LogP) is 2.69. The molecule has 0 aliphatic rings. The first-order valence-electron chi connectivity index (χ1n) is 6.90. The molecule has 0 saturated carbocycles. The minimum Gasteiger partial charge on any atom is -0.481 e. The lowest BCUT2D eigenvalue weighted by molar-refractivity contribution is -0.137. The van der Waals surface area contributed by atoms with Crippen molar-refractivity contribution in [3.05, 3.63) is 35.6 Å². The number of halogens is 1. The number of carboxylic acid groups (broad SMARTS) is 1. The Morgan fingerprint density at radius 3 is 2.43 bits per heavy atom. The van der Waals surface area contributed by atoms with E-state index in [0.717, 1.165) is 5.56 Å². The number of carbonyl (C=O) groups excluding carboxylic acids is 1. The third kappa shape index (κ3) is 6.74. The van der Waals surface area contributed by atoms with Crippen LogP contribution < -0.4 is 10.6 Å². The van der Waals surface area contributed by atoms with Crippen molar-refractivity contribution in [2.24, 2.45) is 5.92 Å². The van der Waals surface area contributed by atoms with Gasteiger partial charge in [-0.05, 0) is 37.0 Å². The number of hydrogen-bond acceptors (Lipinski definition) is 2. The quantitative estimate of drug-likeness (QED) is 0.724. The fourth-order valence-electron chi connectivity index (χ4n) is 1.82. The summed E-state index contributed by atoms with van der Waals surface area (Å²) in [7, 11) is 0. The highest BCUT2D eigenvalue weighted by Gasteiger charge is 2.11. The highest BCUT2D eigenvalue weighted by molar-refractivity contribution is 5.74. The fourth-order valence-corrected chi connectivity index (χ4v) is 1.82. The van der Waals surface area contributed by atoms with Crippen molar-refractivity contribution in [1.82, 2.24) is 10.6 Å². The van der Waals surface area contributed by atoms with Gasteiger partial charge in [-0.25, -0.2) is 9.18 Å². The average molecular weight is 296 g/mol. The maximum atomic E-state index is 12.8. The standard InChI is InChI=1S/C15H21FN2O3/c1-10(3-8-14(19)20)9-17-15(21)18-11(2)12-4-6-13(16)7-5-12/h4-7,10-11H,3,8-9H2,1-2H3,(H,19,20)(H2,17,18,21). The lowest BCUT2D eigenvalue weighted by Crippen LogP contribution is -2.39. The van der Waals surface area contributed by atoms with Gasteiger partial charge in [-0.15, -0.1) is 0 Å². The van der Waals surface area contributed by atoms with Crippen LogP contribution in [0.5, 0.6) is 0 Å². The summed E-state index contributed by atoms with van der Waals surface area (Å²) in [4.78, 5) is 22.2. The van der Waals surface area contributed by atoms with Crippen LogP contribution in [-0.2, 0) is 4.79 Å². The Kier molecular flexibility index (Phi) is 6.65. The van der Waals surface area contributed by atoms with Gasteiger partial charge in [0.25, 0.3) is 0 Å². The molecule has 0 saturated heterocycles. The molecule has 1 rings (SSSR count). The minimum absolute atomic E-state index is 0.0907. The second-order valence-electron chi connectivity index (χ2n) is 5.17. The van der Waals surface area contributed by atoms with E-state index in [4.69, 9.17) is 5.11 Å². The average Bonchev–Trinajstić information content (AvgIpc) is 2.43. The molecule has 0 aliphatic carbocycles. The zero-order valence-corrected chi connectivity index (χ0v) is 12.2. The van der Waals surface area contributed by atoms with Gasteiger partial charge in [0.1, 0.15) is 5.82 Å². The molecule has 0 radical (unpaired) electrons. The number of rotatable bonds is 7. The number of nitrogens with one attached hydrogen (secondary N) is 2. The van der Waals surface area contributed by atoms with Gasteiger partial charge in [-0.3, -0.25) is 4.79 Å². The second kappa shape index (κ2) is 8.24. The molecule has 0 bridgehead atoms. The van der Waals surface area contributed by atoms with Gasteiger partial charge in [0.2, 0.25) is 0 Å². The van der Waals surface area contributed by atoms with E-state index in [9.17, 15) is 14.0 Å². The van der Waals surface area contributed by atoms with E-state index in [1.165, 1.54) is 12.1 Å². The number of carboxylic acids is 1. The van der Waals surface area contributed by atoms with Crippen LogP contribution in [0.3, 0.4) is 0 Å². The first kappa shape index (κ1) is 16.9. The molecule has 21 heavy (non-hydrogen) atoms. The van der Waals surface area contributed by atoms with Crippen LogP contribution in [0.15, 0.2) is 24.3 Å². The molecule has 2 amide bonds. The second-order valence-corrected chi connectivity index (χ2v) is 5.17. The number of aliphatic carboxylic acids is 1. The first-order valence-corrected chi connectivity index (χ1v) is 6.90.